The number of nitrogens with zero attached hydrogens (tertiary/aromatic N) is 1. The number of rotatable bonds is 1. The fourth-order valence-electron chi connectivity index (χ4n) is 2.03. The SMILES string of the molecule is CC(=O)n1cc(C(=O)C(C)(C)C)c2ccccc21. The zero-order valence-corrected chi connectivity index (χ0v) is 11.2. The number of ketones is 1. The van der Waals surface area contributed by atoms with Crippen molar-refractivity contribution in [1.82, 2.24) is 4.57 Å². The van der Waals surface area contributed by atoms with Gasteiger partial charge in [-0.15, -0.1) is 0 Å². The smallest absolute Gasteiger partial charge is 0.227 e. The van der Waals surface area contributed by atoms with Gasteiger partial charge in [-0.25, -0.2) is 0 Å². The lowest BCUT2D eigenvalue weighted by Crippen LogP contribution is -2.20. The van der Waals surface area contributed by atoms with Gasteiger partial charge in [0.05, 0.1) is 5.52 Å². The number of benzene rings is 1. The Kier molecular flexibility index (Phi) is 2.85. The molecule has 0 saturated heterocycles. The van der Waals surface area contributed by atoms with E-state index in [1.807, 2.05) is 45.0 Å². The van der Waals surface area contributed by atoms with Gasteiger partial charge in [0, 0.05) is 29.5 Å². The first kappa shape index (κ1) is 12.6. The van der Waals surface area contributed by atoms with Crippen molar-refractivity contribution >= 4 is 22.6 Å². The maximum Gasteiger partial charge on any atom is 0.227 e. The zero-order chi connectivity index (χ0) is 13.5. The Morgan fingerprint density at radius 2 is 1.72 bits per heavy atom. The molecule has 94 valence electrons. The first-order valence-corrected chi connectivity index (χ1v) is 5.98. The Bertz CT molecular complexity index is 629. The van der Waals surface area contributed by atoms with Gasteiger partial charge < -0.3 is 0 Å². The Labute approximate surface area is 106 Å². The molecule has 1 aromatic heterocycles. The number of aromatic nitrogens is 1. The van der Waals surface area contributed by atoms with Crippen molar-refractivity contribution in [1.29, 1.82) is 0 Å². The van der Waals surface area contributed by atoms with Crippen molar-refractivity contribution in [3.63, 3.8) is 0 Å². The van der Waals surface area contributed by atoms with E-state index in [0.29, 0.717) is 5.56 Å². The molecule has 0 amide bonds. The Balaban J connectivity index is 2.73. The topological polar surface area (TPSA) is 39.1 Å². The molecule has 0 fully saturated rings. The fraction of sp³-hybridized carbons (Fsp3) is 0.333. The molecule has 0 spiro atoms. The molecule has 0 aliphatic heterocycles. The molecule has 0 saturated carbocycles. The van der Waals surface area contributed by atoms with E-state index in [1.165, 1.54) is 11.5 Å². The normalized spacial score (nSPS) is 11.8. The van der Waals surface area contributed by atoms with Gasteiger partial charge in [-0.2, -0.15) is 0 Å². The van der Waals surface area contributed by atoms with Gasteiger partial charge >= 0.3 is 0 Å². The van der Waals surface area contributed by atoms with Gasteiger partial charge in [0.1, 0.15) is 0 Å². The molecule has 1 heterocycles. The lowest BCUT2D eigenvalue weighted by atomic mass is 9.86. The summed E-state index contributed by atoms with van der Waals surface area (Å²) in [4.78, 5) is 24.0. The van der Waals surface area contributed by atoms with Crippen LogP contribution < -0.4 is 0 Å². The van der Waals surface area contributed by atoms with Crippen LogP contribution >= 0.6 is 0 Å². The van der Waals surface area contributed by atoms with Gasteiger partial charge in [0.15, 0.2) is 5.78 Å². The first-order chi connectivity index (χ1) is 8.32. The summed E-state index contributed by atoms with van der Waals surface area (Å²) in [5, 5.41) is 0.840. The summed E-state index contributed by atoms with van der Waals surface area (Å²) in [6, 6.07) is 7.49. The number of carbonyl (C=O) groups excluding carboxylic acids is 2. The Morgan fingerprint density at radius 3 is 2.28 bits per heavy atom. The average Bonchev–Trinajstić information content (AvgIpc) is 2.66. The van der Waals surface area contributed by atoms with E-state index < -0.39 is 5.41 Å². The molecule has 0 unspecified atom stereocenters. The minimum atomic E-state index is -0.453. The highest BCUT2D eigenvalue weighted by atomic mass is 16.2. The van der Waals surface area contributed by atoms with E-state index >= 15 is 0 Å². The lowest BCUT2D eigenvalue weighted by Gasteiger charge is -2.15. The van der Waals surface area contributed by atoms with E-state index in [9.17, 15) is 9.59 Å². The summed E-state index contributed by atoms with van der Waals surface area (Å²) in [5.41, 5.74) is 0.956. The summed E-state index contributed by atoms with van der Waals surface area (Å²) >= 11 is 0. The van der Waals surface area contributed by atoms with Crippen LogP contribution in [-0.2, 0) is 0 Å². The molecule has 0 radical (unpaired) electrons. The minimum absolute atomic E-state index is 0.0544. The second kappa shape index (κ2) is 4.09. The van der Waals surface area contributed by atoms with Crippen LogP contribution in [0.2, 0.25) is 0 Å². The molecular formula is C15H17NO2. The molecule has 3 heteroatoms. The average molecular weight is 243 g/mol. The van der Waals surface area contributed by atoms with Crippen molar-refractivity contribution in [3.05, 3.63) is 36.0 Å². The summed E-state index contributed by atoms with van der Waals surface area (Å²) in [5.74, 6) is -0.0298. The molecule has 0 aliphatic carbocycles. The van der Waals surface area contributed by atoms with Crippen LogP contribution in [0.25, 0.3) is 10.9 Å². The van der Waals surface area contributed by atoms with Crippen LogP contribution in [-0.4, -0.2) is 16.3 Å². The quantitative estimate of drug-likeness (QED) is 0.719. The summed E-state index contributed by atoms with van der Waals surface area (Å²) < 4.78 is 1.54. The van der Waals surface area contributed by atoms with E-state index in [0.717, 1.165) is 10.9 Å². The van der Waals surface area contributed by atoms with Gasteiger partial charge in [0.25, 0.3) is 0 Å². The van der Waals surface area contributed by atoms with E-state index in [1.54, 1.807) is 6.20 Å². The highest BCUT2D eigenvalue weighted by Crippen LogP contribution is 2.28. The highest BCUT2D eigenvalue weighted by Gasteiger charge is 2.26. The van der Waals surface area contributed by atoms with Gasteiger partial charge in [-0.1, -0.05) is 39.0 Å². The van der Waals surface area contributed by atoms with Crippen molar-refractivity contribution in [2.75, 3.05) is 0 Å². The van der Waals surface area contributed by atoms with Crippen molar-refractivity contribution < 1.29 is 9.59 Å². The van der Waals surface area contributed by atoms with Crippen molar-refractivity contribution in [2.24, 2.45) is 5.41 Å². The van der Waals surface area contributed by atoms with Crippen LogP contribution in [0.5, 0.6) is 0 Å². The number of Topliss-reactive ketones (excluding diaryl/α,β-unsaturated/α-hetero) is 1. The number of hydrogen-bond donors (Lipinski definition) is 0. The predicted octanol–water partition coefficient (Wildman–Crippen LogP) is 3.53. The van der Waals surface area contributed by atoms with Crippen LogP contribution in [0.4, 0.5) is 0 Å². The third-order valence-electron chi connectivity index (χ3n) is 2.98. The Morgan fingerprint density at radius 1 is 1.11 bits per heavy atom. The van der Waals surface area contributed by atoms with Gasteiger partial charge in [-0.05, 0) is 6.07 Å². The predicted molar refractivity (Wildman–Crippen MR) is 72.0 cm³/mol. The third kappa shape index (κ3) is 1.96. The van der Waals surface area contributed by atoms with Crippen LogP contribution in [0.1, 0.15) is 42.8 Å². The van der Waals surface area contributed by atoms with Crippen LogP contribution in [0.15, 0.2) is 30.5 Å². The molecule has 3 nitrogen and oxygen atoms in total. The van der Waals surface area contributed by atoms with E-state index in [2.05, 4.69) is 0 Å². The molecule has 0 aliphatic rings. The van der Waals surface area contributed by atoms with Crippen LogP contribution in [0.3, 0.4) is 0 Å². The van der Waals surface area contributed by atoms with Crippen molar-refractivity contribution in [2.45, 2.75) is 27.7 Å². The molecule has 0 atom stereocenters. The molecule has 0 N–H and O–H groups in total. The minimum Gasteiger partial charge on any atom is -0.294 e. The maximum absolute atomic E-state index is 12.4. The molecule has 0 bridgehead atoms. The maximum atomic E-state index is 12.4. The summed E-state index contributed by atoms with van der Waals surface area (Å²) in [6.45, 7) is 7.15. The monoisotopic (exact) mass is 243 g/mol. The van der Waals surface area contributed by atoms with Gasteiger partial charge in [-0.3, -0.25) is 14.2 Å². The third-order valence-corrected chi connectivity index (χ3v) is 2.98. The highest BCUT2D eigenvalue weighted by molar-refractivity contribution is 6.12. The largest absolute Gasteiger partial charge is 0.294 e. The summed E-state index contributed by atoms with van der Waals surface area (Å²) in [6.07, 6.45) is 1.65. The lowest BCUT2D eigenvalue weighted by molar-refractivity contribution is 0.0860. The number of fused-ring (bicyclic) bond motifs is 1. The molecule has 1 aromatic carbocycles. The van der Waals surface area contributed by atoms with E-state index in [4.69, 9.17) is 0 Å². The molecule has 2 rings (SSSR count). The first-order valence-electron chi connectivity index (χ1n) is 5.98. The molecule has 2 aromatic rings. The van der Waals surface area contributed by atoms with Gasteiger partial charge in [0.2, 0.25) is 5.91 Å². The second-order valence-electron chi connectivity index (χ2n) is 5.53. The summed E-state index contributed by atoms with van der Waals surface area (Å²) in [7, 11) is 0. The van der Waals surface area contributed by atoms with Crippen LogP contribution in [0, 0.1) is 5.41 Å². The fourth-order valence-corrected chi connectivity index (χ4v) is 2.03. The second-order valence-corrected chi connectivity index (χ2v) is 5.53. The standard InChI is InChI=1S/C15H17NO2/c1-10(17)16-9-12(14(18)15(2,3)4)11-7-5-6-8-13(11)16/h5-9H,1-4H3. The van der Waals surface area contributed by atoms with E-state index in [-0.39, 0.29) is 11.7 Å². The van der Waals surface area contributed by atoms with Crippen molar-refractivity contribution in [3.8, 4) is 0 Å². The zero-order valence-electron chi connectivity index (χ0n) is 11.2. The number of hydrogen-bond acceptors (Lipinski definition) is 2. The molecule has 18 heavy (non-hydrogen) atoms. The molecular weight excluding hydrogens is 226 g/mol. The number of para-hydroxylation sites is 1. The number of carbonyl (C=O) groups is 2. The Hall–Kier alpha value is -1.90.